The number of H-pyrrole nitrogens is 1. The van der Waals surface area contributed by atoms with E-state index in [4.69, 9.17) is 0 Å². The van der Waals surface area contributed by atoms with E-state index in [9.17, 15) is 22.4 Å². The molecule has 1 rings (SSSR count). The van der Waals surface area contributed by atoms with Gasteiger partial charge < -0.3 is 4.74 Å². The van der Waals surface area contributed by atoms with Crippen molar-refractivity contribution >= 4 is 22.6 Å². The molecule has 0 atom stereocenters. The summed E-state index contributed by atoms with van der Waals surface area (Å²) >= 11 is 1.37. The summed E-state index contributed by atoms with van der Waals surface area (Å²) in [4.78, 5) is 12.5. The minimum atomic E-state index is -4.96. The first-order chi connectivity index (χ1) is 6.29. The van der Waals surface area contributed by atoms with Crippen molar-refractivity contribution in [2.24, 2.45) is 0 Å². The molecule has 0 saturated carbocycles. The van der Waals surface area contributed by atoms with Crippen molar-refractivity contribution in [2.75, 3.05) is 0 Å². The maximum absolute atomic E-state index is 12.7. The van der Waals surface area contributed by atoms with Gasteiger partial charge in [0.15, 0.2) is 0 Å². The average molecular weight is 323 g/mol. The molecule has 0 saturated heterocycles. The van der Waals surface area contributed by atoms with Gasteiger partial charge in [0.25, 0.3) is 5.56 Å². The zero-order valence-corrected chi connectivity index (χ0v) is 8.44. The van der Waals surface area contributed by atoms with Gasteiger partial charge in [-0.1, -0.05) is 0 Å². The fourth-order valence-corrected chi connectivity index (χ4v) is 0.960. The highest BCUT2D eigenvalue weighted by Gasteiger charge is 2.32. The molecule has 3 nitrogen and oxygen atoms in total. The fraction of sp³-hybridized carbons (Fsp3) is 0.167. The van der Waals surface area contributed by atoms with Crippen LogP contribution in [0.5, 0.6) is 5.88 Å². The van der Waals surface area contributed by atoms with Crippen molar-refractivity contribution < 1.29 is 22.3 Å². The predicted octanol–water partition coefficient (Wildman–Crippen LogP) is 2.02. The molecule has 1 aromatic heterocycles. The zero-order chi connectivity index (χ0) is 10.9. The van der Waals surface area contributed by atoms with Crippen LogP contribution in [0.3, 0.4) is 0 Å². The number of aromatic amines is 1. The van der Waals surface area contributed by atoms with Crippen LogP contribution < -0.4 is 10.3 Å². The Morgan fingerprint density at radius 2 is 2.00 bits per heavy atom. The zero-order valence-electron chi connectivity index (χ0n) is 6.28. The van der Waals surface area contributed by atoms with Gasteiger partial charge in [0.05, 0.1) is 0 Å². The molecule has 14 heavy (non-hydrogen) atoms. The standard InChI is InChI=1S/C6H2F4INO2/c7-2-1-3(14-6(8,9)10)12-5(13)4(2)11/h1H,(H,12,13). The van der Waals surface area contributed by atoms with Gasteiger partial charge in [0.1, 0.15) is 9.39 Å². The number of ether oxygens (including phenoxy) is 1. The molecular weight excluding hydrogens is 321 g/mol. The lowest BCUT2D eigenvalue weighted by atomic mass is 10.4. The number of nitrogens with one attached hydrogen (secondary N) is 1. The molecule has 78 valence electrons. The topological polar surface area (TPSA) is 42.1 Å². The fourth-order valence-electron chi connectivity index (χ4n) is 0.669. The van der Waals surface area contributed by atoms with Gasteiger partial charge >= 0.3 is 6.36 Å². The Balaban J connectivity index is 3.08. The SMILES string of the molecule is O=c1[nH]c(OC(F)(F)F)cc(F)c1I. The third kappa shape index (κ3) is 2.86. The van der Waals surface area contributed by atoms with Gasteiger partial charge in [-0.2, -0.15) is 0 Å². The van der Waals surface area contributed by atoms with Crippen LogP contribution in [-0.2, 0) is 0 Å². The highest BCUT2D eigenvalue weighted by molar-refractivity contribution is 14.1. The highest BCUT2D eigenvalue weighted by atomic mass is 127. The Hall–Kier alpha value is -0.800. The Morgan fingerprint density at radius 1 is 1.43 bits per heavy atom. The Morgan fingerprint density at radius 3 is 2.43 bits per heavy atom. The van der Waals surface area contributed by atoms with E-state index in [1.807, 2.05) is 0 Å². The molecule has 0 unspecified atom stereocenters. The predicted molar refractivity (Wildman–Crippen MR) is 46.4 cm³/mol. The first kappa shape index (κ1) is 11.3. The third-order valence-corrected chi connectivity index (χ3v) is 2.13. The van der Waals surface area contributed by atoms with E-state index in [0.29, 0.717) is 6.07 Å². The van der Waals surface area contributed by atoms with E-state index in [1.54, 1.807) is 4.98 Å². The van der Waals surface area contributed by atoms with Crippen LogP contribution in [0.1, 0.15) is 0 Å². The van der Waals surface area contributed by atoms with E-state index in [1.165, 1.54) is 22.6 Å². The van der Waals surface area contributed by atoms with Gasteiger partial charge in [-0.25, -0.2) is 4.39 Å². The Labute approximate surface area is 88.2 Å². The van der Waals surface area contributed by atoms with Gasteiger partial charge in [-0.05, 0) is 22.6 Å². The molecule has 1 aromatic rings. The number of hydrogen-bond acceptors (Lipinski definition) is 2. The smallest absolute Gasteiger partial charge is 0.390 e. The minimum Gasteiger partial charge on any atom is -0.390 e. The number of hydrogen-bond donors (Lipinski definition) is 1. The molecule has 0 fully saturated rings. The van der Waals surface area contributed by atoms with Crippen molar-refractivity contribution in [3.63, 3.8) is 0 Å². The normalized spacial score (nSPS) is 11.5. The minimum absolute atomic E-state index is 0.322. The second-order valence-electron chi connectivity index (χ2n) is 2.17. The maximum Gasteiger partial charge on any atom is 0.574 e. The lowest BCUT2D eigenvalue weighted by molar-refractivity contribution is -0.276. The molecule has 0 amide bonds. The maximum atomic E-state index is 12.7. The monoisotopic (exact) mass is 323 g/mol. The first-order valence-corrected chi connectivity index (χ1v) is 4.21. The Bertz CT molecular complexity index is 400. The molecule has 0 spiro atoms. The molecule has 1 N–H and O–H groups in total. The van der Waals surface area contributed by atoms with Crippen LogP contribution in [0, 0.1) is 9.39 Å². The molecule has 1 heterocycles. The number of alkyl halides is 3. The van der Waals surface area contributed by atoms with Gasteiger partial charge in [0, 0.05) is 6.07 Å². The summed E-state index contributed by atoms with van der Waals surface area (Å²) in [5, 5.41) is 0. The number of rotatable bonds is 1. The van der Waals surface area contributed by atoms with Crippen molar-refractivity contribution in [2.45, 2.75) is 6.36 Å². The Kier molecular flexibility index (Phi) is 3.02. The average Bonchev–Trinajstić information content (AvgIpc) is 1.96. The summed E-state index contributed by atoms with van der Waals surface area (Å²) in [6, 6.07) is 0.455. The summed E-state index contributed by atoms with van der Waals surface area (Å²) in [5.41, 5.74) is -0.968. The van der Waals surface area contributed by atoms with E-state index in [0.717, 1.165) is 0 Å². The third-order valence-electron chi connectivity index (χ3n) is 1.13. The highest BCUT2D eigenvalue weighted by Crippen LogP contribution is 2.20. The van der Waals surface area contributed by atoms with E-state index in [2.05, 4.69) is 4.74 Å². The quantitative estimate of drug-likeness (QED) is 0.635. The van der Waals surface area contributed by atoms with Crippen LogP contribution >= 0.6 is 22.6 Å². The summed E-state index contributed by atoms with van der Waals surface area (Å²) < 4.78 is 50.6. The molecule has 8 heteroatoms. The van der Waals surface area contributed by atoms with Crippen LogP contribution in [-0.4, -0.2) is 11.3 Å². The largest absolute Gasteiger partial charge is 0.574 e. The van der Waals surface area contributed by atoms with Crippen molar-refractivity contribution in [1.29, 1.82) is 0 Å². The summed E-state index contributed by atoms with van der Waals surface area (Å²) in [7, 11) is 0. The van der Waals surface area contributed by atoms with Gasteiger partial charge in [-0.15, -0.1) is 13.2 Å². The van der Waals surface area contributed by atoms with Crippen molar-refractivity contribution in [1.82, 2.24) is 4.98 Å². The van der Waals surface area contributed by atoms with Crippen LogP contribution in [0.2, 0.25) is 0 Å². The summed E-state index contributed by atoms with van der Waals surface area (Å²) in [5.74, 6) is -2.03. The van der Waals surface area contributed by atoms with E-state index < -0.39 is 23.6 Å². The van der Waals surface area contributed by atoms with E-state index >= 15 is 0 Å². The van der Waals surface area contributed by atoms with E-state index in [-0.39, 0.29) is 3.57 Å². The molecule has 0 aliphatic carbocycles. The van der Waals surface area contributed by atoms with Crippen LogP contribution in [0.25, 0.3) is 0 Å². The van der Waals surface area contributed by atoms with Gasteiger partial charge in [0.2, 0.25) is 5.88 Å². The second-order valence-corrected chi connectivity index (χ2v) is 3.25. The second kappa shape index (κ2) is 3.75. The molecule has 0 aromatic carbocycles. The molecule has 0 aliphatic heterocycles. The summed E-state index contributed by atoms with van der Waals surface area (Å²) in [6.07, 6.45) is -4.96. The number of pyridine rings is 1. The molecular formula is C6H2F4INO2. The van der Waals surface area contributed by atoms with Gasteiger partial charge in [-0.3, -0.25) is 9.78 Å². The lowest BCUT2D eigenvalue weighted by Gasteiger charge is -2.08. The van der Waals surface area contributed by atoms with Crippen molar-refractivity contribution in [3.8, 4) is 5.88 Å². The molecule has 0 radical (unpaired) electrons. The number of halogens is 5. The van der Waals surface area contributed by atoms with Crippen LogP contribution in [0.4, 0.5) is 17.6 Å². The molecule has 0 aliphatic rings. The summed E-state index contributed by atoms with van der Waals surface area (Å²) in [6.45, 7) is 0. The van der Waals surface area contributed by atoms with Crippen LogP contribution in [0.15, 0.2) is 10.9 Å². The molecule has 0 bridgehead atoms. The lowest BCUT2D eigenvalue weighted by Crippen LogP contribution is -2.21. The van der Waals surface area contributed by atoms with Crippen molar-refractivity contribution in [3.05, 3.63) is 25.8 Å². The first-order valence-electron chi connectivity index (χ1n) is 3.13. The number of aromatic nitrogens is 1.